The van der Waals surface area contributed by atoms with Crippen LogP contribution in [0.1, 0.15) is 11.1 Å². The number of nitrogens with zero attached hydrogens (tertiary/aromatic N) is 3. The monoisotopic (exact) mass is 369 g/mol. The first-order valence-corrected chi connectivity index (χ1v) is 9.13. The molecule has 6 heteroatoms. The van der Waals surface area contributed by atoms with Crippen LogP contribution in [0.25, 0.3) is 6.08 Å². The highest BCUT2D eigenvalue weighted by Crippen LogP contribution is 2.23. The Kier molecular flexibility index (Phi) is 4.19. The highest BCUT2D eigenvalue weighted by Gasteiger charge is 2.16. The first kappa shape index (κ1) is 16.1. The highest BCUT2D eigenvalue weighted by atomic mass is 35.5. The molecular weight excluding hydrogens is 354 g/mol. The van der Waals surface area contributed by atoms with E-state index in [0.717, 1.165) is 26.6 Å². The van der Waals surface area contributed by atoms with Crippen molar-refractivity contribution in [3.8, 4) is 0 Å². The molecule has 0 bridgehead atoms. The van der Waals surface area contributed by atoms with Crippen molar-refractivity contribution in [3.05, 3.63) is 84.4 Å². The van der Waals surface area contributed by atoms with Gasteiger partial charge in [0, 0.05) is 10.7 Å². The molecule has 0 radical (unpaired) electrons. The van der Waals surface area contributed by atoms with Gasteiger partial charge in [0.2, 0.25) is 0 Å². The molecule has 0 saturated carbocycles. The summed E-state index contributed by atoms with van der Waals surface area (Å²) in [7, 11) is 0. The summed E-state index contributed by atoms with van der Waals surface area (Å²) in [5.41, 5.74) is 3.01. The van der Waals surface area contributed by atoms with Gasteiger partial charge < -0.3 is 4.90 Å². The number of hydrogen-bond acceptors (Lipinski definition) is 4. The lowest BCUT2D eigenvalue weighted by Gasteiger charge is -2.26. The summed E-state index contributed by atoms with van der Waals surface area (Å²) >= 11 is 7.67. The quantitative estimate of drug-likeness (QED) is 0.696. The summed E-state index contributed by atoms with van der Waals surface area (Å²) in [5.74, 6) is 0. The van der Waals surface area contributed by atoms with Gasteiger partial charge in [0.25, 0.3) is 5.56 Å². The number of halogens is 1. The second-order valence-electron chi connectivity index (χ2n) is 5.95. The van der Waals surface area contributed by atoms with Gasteiger partial charge >= 0.3 is 0 Å². The molecule has 3 aromatic rings. The van der Waals surface area contributed by atoms with Gasteiger partial charge in [-0.15, -0.1) is 0 Å². The standard InChI is InChI=1S/C19H16ClN3OS/c1-13-7-8-15(10-16(13)20)22-11-21-19-23(12-22)18(24)17(25-19)9-14-5-3-2-4-6-14/h2-10H,11-12H2,1H3. The van der Waals surface area contributed by atoms with Crippen molar-refractivity contribution >= 4 is 34.7 Å². The van der Waals surface area contributed by atoms with Gasteiger partial charge in [-0.25, -0.2) is 4.99 Å². The molecule has 1 aromatic heterocycles. The van der Waals surface area contributed by atoms with Crippen molar-refractivity contribution < 1.29 is 0 Å². The van der Waals surface area contributed by atoms with E-state index in [-0.39, 0.29) is 5.56 Å². The number of fused-ring (bicyclic) bond motifs is 1. The van der Waals surface area contributed by atoms with E-state index in [9.17, 15) is 4.79 Å². The molecule has 0 aliphatic carbocycles. The lowest BCUT2D eigenvalue weighted by molar-refractivity contribution is 0.569. The number of aromatic nitrogens is 1. The van der Waals surface area contributed by atoms with E-state index in [1.165, 1.54) is 11.3 Å². The summed E-state index contributed by atoms with van der Waals surface area (Å²) in [6.07, 6.45) is 1.92. The largest absolute Gasteiger partial charge is 0.334 e. The molecule has 0 atom stereocenters. The summed E-state index contributed by atoms with van der Waals surface area (Å²) in [4.78, 5) is 20.1. The Balaban J connectivity index is 1.72. The average Bonchev–Trinajstić information content (AvgIpc) is 2.94. The Morgan fingerprint density at radius 2 is 2.00 bits per heavy atom. The molecule has 2 aromatic carbocycles. The van der Waals surface area contributed by atoms with Gasteiger partial charge in [0.05, 0.1) is 4.53 Å². The van der Waals surface area contributed by atoms with Crippen molar-refractivity contribution in [1.82, 2.24) is 4.57 Å². The minimum Gasteiger partial charge on any atom is -0.334 e. The van der Waals surface area contributed by atoms with Gasteiger partial charge in [-0.3, -0.25) is 9.36 Å². The molecule has 0 N–H and O–H groups in total. The Hall–Kier alpha value is -2.37. The minimum absolute atomic E-state index is 0.00416. The zero-order chi connectivity index (χ0) is 17.4. The molecule has 0 fully saturated rings. The Bertz CT molecular complexity index is 1100. The summed E-state index contributed by atoms with van der Waals surface area (Å²) < 4.78 is 2.42. The predicted molar refractivity (Wildman–Crippen MR) is 103 cm³/mol. The van der Waals surface area contributed by atoms with E-state index in [1.54, 1.807) is 4.57 Å². The zero-order valence-corrected chi connectivity index (χ0v) is 15.2. The van der Waals surface area contributed by atoms with Crippen molar-refractivity contribution in [1.29, 1.82) is 0 Å². The van der Waals surface area contributed by atoms with Gasteiger partial charge in [-0.1, -0.05) is 59.3 Å². The Labute approximate surface area is 153 Å². The summed E-state index contributed by atoms with van der Waals surface area (Å²) in [6, 6.07) is 15.8. The topological polar surface area (TPSA) is 37.6 Å². The average molecular weight is 370 g/mol. The van der Waals surface area contributed by atoms with Crippen LogP contribution in [0.5, 0.6) is 0 Å². The first-order valence-electron chi connectivity index (χ1n) is 7.94. The van der Waals surface area contributed by atoms with Crippen LogP contribution >= 0.6 is 22.9 Å². The van der Waals surface area contributed by atoms with Crippen molar-refractivity contribution in [3.63, 3.8) is 0 Å². The second kappa shape index (κ2) is 6.50. The molecule has 2 heterocycles. The first-order chi connectivity index (χ1) is 12.1. The maximum Gasteiger partial charge on any atom is 0.271 e. The fraction of sp³-hybridized carbons (Fsp3) is 0.158. The van der Waals surface area contributed by atoms with Crippen LogP contribution in [-0.2, 0) is 6.67 Å². The Morgan fingerprint density at radius 1 is 1.20 bits per heavy atom. The number of benzene rings is 2. The minimum atomic E-state index is -0.00416. The van der Waals surface area contributed by atoms with Crippen LogP contribution in [0.3, 0.4) is 0 Å². The lowest BCUT2D eigenvalue weighted by Crippen LogP contribution is -2.42. The predicted octanol–water partition coefficient (Wildman–Crippen LogP) is 2.76. The maximum absolute atomic E-state index is 12.7. The number of thiazole rings is 1. The zero-order valence-electron chi connectivity index (χ0n) is 13.6. The highest BCUT2D eigenvalue weighted by molar-refractivity contribution is 7.07. The van der Waals surface area contributed by atoms with Crippen molar-refractivity contribution in [2.24, 2.45) is 4.99 Å². The number of rotatable bonds is 2. The fourth-order valence-corrected chi connectivity index (χ4v) is 3.89. The van der Waals surface area contributed by atoms with E-state index in [1.807, 2.05) is 66.4 Å². The van der Waals surface area contributed by atoms with Gasteiger partial charge in [0.1, 0.15) is 13.3 Å². The molecule has 0 unspecified atom stereocenters. The lowest BCUT2D eigenvalue weighted by atomic mass is 10.2. The van der Waals surface area contributed by atoms with Crippen molar-refractivity contribution in [2.45, 2.75) is 13.6 Å². The molecule has 4 nitrogen and oxygen atoms in total. The van der Waals surface area contributed by atoms with Crippen LogP contribution in [-0.4, -0.2) is 11.2 Å². The van der Waals surface area contributed by atoms with Gasteiger partial charge in [-0.05, 0) is 36.3 Å². The maximum atomic E-state index is 12.7. The van der Waals surface area contributed by atoms with E-state index in [2.05, 4.69) is 4.99 Å². The molecule has 1 aliphatic heterocycles. The third-order valence-electron chi connectivity index (χ3n) is 4.19. The third kappa shape index (κ3) is 3.13. The van der Waals surface area contributed by atoms with Crippen LogP contribution in [0.2, 0.25) is 5.02 Å². The van der Waals surface area contributed by atoms with E-state index < -0.39 is 0 Å². The molecule has 0 amide bonds. The molecule has 0 saturated heterocycles. The second-order valence-corrected chi connectivity index (χ2v) is 7.37. The van der Waals surface area contributed by atoms with Gasteiger partial charge in [0.15, 0.2) is 4.80 Å². The van der Waals surface area contributed by atoms with E-state index >= 15 is 0 Å². The number of hydrogen-bond donors (Lipinski definition) is 0. The third-order valence-corrected chi connectivity index (χ3v) is 5.65. The molecule has 126 valence electrons. The number of anilines is 1. The van der Waals surface area contributed by atoms with Crippen LogP contribution in [0.4, 0.5) is 5.69 Å². The summed E-state index contributed by atoms with van der Waals surface area (Å²) in [6.45, 7) is 2.97. The Morgan fingerprint density at radius 3 is 2.76 bits per heavy atom. The fourth-order valence-electron chi connectivity index (χ4n) is 2.75. The number of aryl methyl sites for hydroxylation is 1. The molecular formula is C19H16ClN3OS. The van der Waals surface area contributed by atoms with Crippen LogP contribution < -0.4 is 19.8 Å². The van der Waals surface area contributed by atoms with E-state index in [4.69, 9.17) is 11.6 Å². The van der Waals surface area contributed by atoms with Crippen molar-refractivity contribution in [2.75, 3.05) is 11.6 Å². The molecule has 25 heavy (non-hydrogen) atoms. The molecule has 4 rings (SSSR count). The van der Waals surface area contributed by atoms with Crippen LogP contribution in [0, 0.1) is 6.92 Å². The summed E-state index contributed by atoms with van der Waals surface area (Å²) in [5, 5.41) is 0.721. The SMILES string of the molecule is Cc1ccc(N2CN=c3sc(=Cc4ccccc4)c(=O)n3C2)cc1Cl. The normalized spacial score (nSPS) is 14.3. The van der Waals surface area contributed by atoms with Crippen LogP contribution in [0.15, 0.2) is 58.3 Å². The molecule has 0 spiro atoms. The van der Waals surface area contributed by atoms with Gasteiger partial charge in [-0.2, -0.15) is 0 Å². The molecule has 1 aliphatic rings. The van der Waals surface area contributed by atoms with E-state index in [0.29, 0.717) is 17.9 Å². The smallest absolute Gasteiger partial charge is 0.271 e.